The van der Waals surface area contributed by atoms with E-state index in [0.29, 0.717) is 18.5 Å². The summed E-state index contributed by atoms with van der Waals surface area (Å²) < 4.78 is 0. The van der Waals surface area contributed by atoms with Crippen molar-refractivity contribution in [3.05, 3.63) is 59.7 Å². The zero-order valence-corrected chi connectivity index (χ0v) is 14.2. The molecule has 0 radical (unpaired) electrons. The average molecular weight is 325 g/mol. The van der Waals surface area contributed by atoms with Crippen LogP contribution >= 0.6 is 0 Å². The summed E-state index contributed by atoms with van der Waals surface area (Å²) in [5, 5.41) is 9.29. The number of hydrogen-bond acceptors (Lipinski definition) is 2. The van der Waals surface area contributed by atoms with Crippen molar-refractivity contribution < 1.29 is 14.7 Å². The summed E-state index contributed by atoms with van der Waals surface area (Å²) in [4.78, 5) is 25.0. The average Bonchev–Trinajstić information content (AvgIpc) is 2.60. The standard InChI is InChI=1S/C20H23NO3/c1-3-4-9-19(22)21(2)14-15-10-12-16(13-11-15)17-7-5-6-8-18(17)20(23)24/h5-8,10-13H,3-4,9,14H2,1-2H3,(H,23,24). The molecule has 0 heterocycles. The number of nitrogens with zero attached hydrogens (tertiary/aromatic N) is 1. The third-order valence-corrected chi connectivity index (χ3v) is 4.01. The molecule has 2 aromatic rings. The highest BCUT2D eigenvalue weighted by atomic mass is 16.4. The molecule has 24 heavy (non-hydrogen) atoms. The molecule has 0 aliphatic heterocycles. The van der Waals surface area contributed by atoms with Crippen LogP contribution in [-0.4, -0.2) is 28.9 Å². The van der Waals surface area contributed by atoms with Gasteiger partial charge in [-0.2, -0.15) is 0 Å². The summed E-state index contributed by atoms with van der Waals surface area (Å²) in [6.45, 7) is 2.63. The van der Waals surface area contributed by atoms with Crippen molar-refractivity contribution in [1.82, 2.24) is 4.90 Å². The van der Waals surface area contributed by atoms with Gasteiger partial charge in [-0.05, 0) is 29.2 Å². The van der Waals surface area contributed by atoms with Gasteiger partial charge in [0.25, 0.3) is 0 Å². The van der Waals surface area contributed by atoms with Gasteiger partial charge in [0.15, 0.2) is 0 Å². The number of carboxylic acid groups (broad SMARTS) is 1. The molecule has 0 saturated heterocycles. The van der Waals surface area contributed by atoms with Gasteiger partial charge in [-0.3, -0.25) is 4.79 Å². The van der Waals surface area contributed by atoms with Crippen LogP contribution in [0, 0.1) is 0 Å². The lowest BCUT2D eigenvalue weighted by Crippen LogP contribution is -2.25. The van der Waals surface area contributed by atoms with E-state index >= 15 is 0 Å². The van der Waals surface area contributed by atoms with E-state index in [9.17, 15) is 14.7 Å². The second-order valence-corrected chi connectivity index (χ2v) is 5.90. The summed E-state index contributed by atoms with van der Waals surface area (Å²) in [5.74, 6) is -0.784. The molecule has 0 unspecified atom stereocenters. The molecule has 126 valence electrons. The molecule has 4 nitrogen and oxygen atoms in total. The van der Waals surface area contributed by atoms with Gasteiger partial charge in [-0.25, -0.2) is 4.79 Å². The molecule has 0 bridgehead atoms. The second-order valence-electron chi connectivity index (χ2n) is 5.90. The van der Waals surface area contributed by atoms with Crippen LogP contribution < -0.4 is 0 Å². The quantitative estimate of drug-likeness (QED) is 0.830. The first-order chi connectivity index (χ1) is 11.5. The minimum Gasteiger partial charge on any atom is -0.478 e. The number of unbranched alkanes of at least 4 members (excludes halogenated alkanes) is 1. The number of benzene rings is 2. The molecule has 0 fully saturated rings. The number of amides is 1. The fourth-order valence-corrected chi connectivity index (χ4v) is 2.59. The predicted octanol–water partition coefficient (Wildman–Crippen LogP) is 4.20. The summed E-state index contributed by atoms with van der Waals surface area (Å²) in [6, 6.07) is 14.6. The Morgan fingerprint density at radius 3 is 2.33 bits per heavy atom. The Labute approximate surface area is 142 Å². The van der Waals surface area contributed by atoms with Crippen LogP contribution in [0.4, 0.5) is 0 Å². The van der Waals surface area contributed by atoms with Gasteiger partial charge >= 0.3 is 5.97 Å². The van der Waals surface area contributed by atoms with Gasteiger partial charge in [0.1, 0.15) is 0 Å². The third kappa shape index (κ3) is 4.44. The number of carbonyl (C=O) groups is 2. The molecule has 2 rings (SSSR count). The zero-order chi connectivity index (χ0) is 17.5. The minimum absolute atomic E-state index is 0.150. The molecular weight excluding hydrogens is 302 g/mol. The fourth-order valence-electron chi connectivity index (χ4n) is 2.59. The maximum Gasteiger partial charge on any atom is 0.336 e. The van der Waals surface area contributed by atoms with Crippen molar-refractivity contribution in [2.45, 2.75) is 32.7 Å². The van der Waals surface area contributed by atoms with Crippen LogP contribution in [-0.2, 0) is 11.3 Å². The zero-order valence-electron chi connectivity index (χ0n) is 14.2. The van der Waals surface area contributed by atoms with E-state index in [0.717, 1.165) is 24.0 Å². The first kappa shape index (κ1) is 17.7. The van der Waals surface area contributed by atoms with E-state index in [1.54, 1.807) is 23.1 Å². The van der Waals surface area contributed by atoms with E-state index in [2.05, 4.69) is 6.92 Å². The number of carbonyl (C=O) groups excluding carboxylic acids is 1. The highest BCUT2D eigenvalue weighted by molar-refractivity contribution is 5.96. The van der Waals surface area contributed by atoms with Gasteiger partial charge in [-0.1, -0.05) is 55.8 Å². The highest BCUT2D eigenvalue weighted by Crippen LogP contribution is 2.24. The van der Waals surface area contributed by atoms with E-state index in [-0.39, 0.29) is 11.5 Å². The monoisotopic (exact) mass is 325 g/mol. The van der Waals surface area contributed by atoms with Crippen molar-refractivity contribution in [1.29, 1.82) is 0 Å². The lowest BCUT2D eigenvalue weighted by Gasteiger charge is -2.17. The molecule has 0 aromatic heterocycles. The molecule has 4 heteroatoms. The molecule has 0 aliphatic carbocycles. The Bertz CT molecular complexity index is 707. The number of aromatic carboxylic acids is 1. The summed E-state index contributed by atoms with van der Waals surface area (Å²) in [5.41, 5.74) is 2.87. The number of rotatable bonds is 7. The van der Waals surface area contributed by atoms with Crippen molar-refractivity contribution in [3.63, 3.8) is 0 Å². The van der Waals surface area contributed by atoms with Crippen LogP contribution in [0.15, 0.2) is 48.5 Å². The Balaban J connectivity index is 2.11. The summed E-state index contributed by atoms with van der Waals surface area (Å²) in [6.07, 6.45) is 2.50. The molecule has 0 spiro atoms. The van der Waals surface area contributed by atoms with Crippen molar-refractivity contribution in [2.75, 3.05) is 7.05 Å². The molecular formula is C20H23NO3. The Kier molecular flexibility index (Phi) is 6.13. The first-order valence-corrected chi connectivity index (χ1v) is 8.18. The van der Waals surface area contributed by atoms with Crippen molar-refractivity contribution in [2.24, 2.45) is 0 Å². The van der Waals surface area contributed by atoms with Gasteiger partial charge in [-0.15, -0.1) is 0 Å². The van der Waals surface area contributed by atoms with E-state index in [1.165, 1.54) is 0 Å². The van der Waals surface area contributed by atoms with Crippen LogP contribution in [0.3, 0.4) is 0 Å². The highest BCUT2D eigenvalue weighted by Gasteiger charge is 2.12. The Morgan fingerprint density at radius 2 is 1.71 bits per heavy atom. The SMILES string of the molecule is CCCCC(=O)N(C)Cc1ccc(-c2ccccc2C(=O)O)cc1. The molecule has 0 atom stereocenters. The lowest BCUT2D eigenvalue weighted by molar-refractivity contribution is -0.130. The summed E-state index contributed by atoms with van der Waals surface area (Å²) >= 11 is 0. The predicted molar refractivity (Wildman–Crippen MR) is 94.8 cm³/mol. The molecule has 2 aromatic carbocycles. The Morgan fingerprint density at radius 1 is 1.04 bits per heavy atom. The topological polar surface area (TPSA) is 57.6 Å². The van der Waals surface area contributed by atoms with Crippen LogP contribution in [0.25, 0.3) is 11.1 Å². The maximum absolute atomic E-state index is 12.0. The van der Waals surface area contributed by atoms with Crippen molar-refractivity contribution in [3.8, 4) is 11.1 Å². The van der Waals surface area contributed by atoms with Crippen molar-refractivity contribution >= 4 is 11.9 Å². The van der Waals surface area contributed by atoms with E-state index in [4.69, 9.17) is 0 Å². The van der Waals surface area contributed by atoms with E-state index < -0.39 is 5.97 Å². The largest absolute Gasteiger partial charge is 0.478 e. The maximum atomic E-state index is 12.0. The van der Waals surface area contributed by atoms with Crippen LogP contribution in [0.5, 0.6) is 0 Å². The smallest absolute Gasteiger partial charge is 0.336 e. The number of hydrogen-bond donors (Lipinski definition) is 1. The summed E-state index contributed by atoms with van der Waals surface area (Å²) in [7, 11) is 1.81. The third-order valence-electron chi connectivity index (χ3n) is 4.01. The Hall–Kier alpha value is -2.62. The van der Waals surface area contributed by atoms with Crippen LogP contribution in [0.2, 0.25) is 0 Å². The fraction of sp³-hybridized carbons (Fsp3) is 0.300. The van der Waals surface area contributed by atoms with Gasteiger partial charge in [0, 0.05) is 20.0 Å². The molecule has 1 amide bonds. The molecule has 0 saturated carbocycles. The molecule has 1 N–H and O–H groups in total. The van der Waals surface area contributed by atoms with Gasteiger partial charge in [0.05, 0.1) is 5.56 Å². The minimum atomic E-state index is -0.934. The van der Waals surface area contributed by atoms with Gasteiger partial charge < -0.3 is 10.0 Å². The van der Waals surface area contributed by atoms with Crippen LogP contribution in [0.1, 0.15) is 42.1 Å². The first-order valence-electron chi connectivity index (χ1n) is 8.18. The van der Waals surface area contributed by atoms with Gasteiger partial charge in [0.2, 0.25) is 5.91 Å². The second kappa shape index (κ2) is 8.29. The lowest BCUT2D eigenvalue weighted by atomic mass is 9.98. The number of carboxylic acids is 1. The van der Waals surface area contributed by atoms with E-state index in [1.807, 2.05) is 37.4 Å². The normalized spacial score (nSPS) is 10.4. The molecule has 0 aliphatic rings.